The Morgan fingerprint density at radius 2 is 1.63 bits per heavy atom. The lowest BCUT2D eigenvalue weighted by atomic mass is 9.97. The number of esters is 1. The summed E-state index contributed by atoms with van der Waals surface area (Å²) in [5.74, 6) is -1.22. The number of hydrogen-bond donors (Lipinski definition) is 1. The topological polar surface area (TPSA) is 77.4 Å². The number of halogens is 1. The molecule has 1 heterocycles. The van der Waals surface area contributed by atoms with Crippen LogP contribution in [0.15, 0.2) is 77.6 Å². The Morgan fingerprint density at radius 3 is 2.31 bits per heavy atom. The first-order chi connectivity index (χ1) is 16.8. The average Bonchev–Trinajstić information content (AvgIpc) is 2.87. The van der Waals surface area contributed by atoms with Crippen molar-refractivity contribution in [3.05, 3.63) is 99.4 Å². The second-order valence-corrected chi connectivity index (χ2v) is 8.61. The molecule has 3 aromatic carbocycles. The first-order valence-corrected chi connectivity index (χ1v) is 11.6. The van der Waals surface area contributed by atoms with Gasteiger partial charge in [-0.25, -0.2) is 4.79 Å². The van der Waals surface area contributed by atoms with Crippen molar-refractivity contribution in [2.45, 2.75) is 26.4 Å². The molecule has 0 saturated heterocycles. The number of nitrogens with zero attached hydrogens (tertiary/aromatic N) is 1. The lowest BCUT2D eigenvalue weighted by Crippen LogP contribution is -2.34. The van der Waals surface area contributed by atoms with Gasteiger partial charge in [0.25, 0.3) is 11.5 Å². The van der Waals surface area contributed by atoms with Crippen molar-refractivity contribution in [2.75, 3.05) is 5.32 Å². The number of nitrogens with one attached hydrogen (secondary N) is 1. The Labute approximate surface area is 208 Å². The largest absolute Gasteiger partial charge is 0.448 e. The van der Waals surface area contributed by atoms with E-state index in [1.54, 1.807) is 44.2 Å². The molecule has 1 N–H and O–H groups in total. The van der Waals surface area contributed by atoms with E-state index in [1.807, 2.05) is 42.5 Å². The molecule has 0 aliphatic rings. The van der Waals surface area contributed by atoms with Crippen LogP contribution < -0.4 is 10.9 Å². The first kappa shape index (κ1) is 24.2. The Hall–Kier alpha value is -3.90. The fourth-order valence-corrected chi connectivity index (χ4v) is 4.24. The molecule has 0 saturated carbocycles. The minimum absolute atomic E-state index is 0.0880. The predicted molar refractivity (Wildman–Crippen MR) is 139 cm³/mol. The van der Waals surface area contributed by atoms with Gasteiger partial charge in [0.05, 0.1) is 0 Å². The number of amides is 1. The van der Waals surface area contributed by atoms with Crippen LogP contribution in [0.3, 0.4) is 0 Å². The van der Waals surface area contributed by atoms with Crippen LogP contribution in [0.25, 0.3) is 21.9 Å². The monoisotopic (exact) mass is 488 g/mol. The zero-order valence-corrected chi connectivity index (χ0v) is 20.4. The molecule has 1 atom stereocenters. The summed E-state index contributed by atoms with van der Waals surface area (Å²) >= 11 is 6.16. The fourth-order valence-electron chi connectivity index (χ4n) is 4.06. The van der Waals surface area contributed by atoms with Gasteiger partial charge in [0.1, 0.15) is 5.69 Å². The van der Waals surface area contributed by atoms with Crippen LogP contribution >= 0.6 is 11.6 Å². The van der Waals surface area contributed by atoms with Gasteiger partial charge in [-0.3, -0.25) is 9.59 Å². The van der Waals surface area contributed by atoms with E-state index in [1.165, 1.54) is 11.6 Å². The second kappa shape index (κ2) is 10.2. The summed E-state index contributed by atoms with van der Waals surface area (Å²) in [6, 6.07) is 21.7. The van der Waals surface area contributed by atoms with Crippen molar-refractivity contribution >= 4 is 39.9 Å². The standard InChI is InChI=1S/C28H25ClN2O4/c1-4-23(26(32)30-22-16-10-15-21(29)17(22)2)35-28(34)25-24(18-11-6-5-7-12-18)19-13-8-9-14-20(19)27(33)31(25)3/h5-16,23H,4H2,1-3H3,(H,30,32). The number of fused-ring (bicyclic) bond motifs is 1. The highest BCUT2D eigenvalue weighted by Gasteiger charge is 2.28. The van der Waals surface area contributed by atoms with Gasteiger partial charge in [-0.1, -0.05) is 73.1 Å². The molecule has 0 aliphatic carbocycles. The van der Waals surface area contributed by atoms with Crippen LogP contribution in [0.5, 0.6) is 0 Å². The van der Waals surface area contributed by atoms with Crippen molar-refractivity contribution in [1.29, 1.82) is 0 Å². The number of hydrogen-bond acceptors (Lipinski definition) is 4. The van der Waals surface area contributed by atoms with Crippen molar-refractivity contribution in [2.24, 2.45) is 7.05 Å². The number of carbonyl (C=O) groups excluding carboxylic acids is 2. The van der Waals surface area contributed by atoms with E-state index in [2.05, 4.69) is 5.32 Å². The highest BCUT2D eigenvalue weighted by Crippen LogP contribution is 2.31. The van der Waals surface area contributed by atoms with Crippen molar-refractivity contribution < 1.29 is 14.3 Å². The van der Waals surface area contributed by atoms with Gasteiger partial charge in [0.15, 0.2) is 6.10 Å². The number of anilines is 1. The summed E-state index contributed by atoms with van der Waals surface area (Å²) < 4.78 is 6.98. The van der Waals surface area contributed by atoms with Gasteiger partial charge in [0, 0.05) is 28.7 Å². The van der Waals surface area contributed by atoms with E-state index in [0.717, 1.165) is 5.56 Å². The maximum atomic E-state index is 13.5. The molecular weight excluding hydrogens is 464 g/mol. The maximum Gasteiger partial charge on any atom is 0.356 e. The molecule has 7 heteroatoms. The van der Waals surface area contributed by atoms with Crippen molar-refractivity contribution in [1.82, 2.24) is 4.57 Å². The average molecular weight is 489 g/mol. The fraction of sp³-hybridized carbons (Fsp3) is 0.179. The molecule has 0 aliphatic heterocycles. The summed E-state index contributed by atoms with van der Waals surface area (Å²) in [4.78, 5) is 39.6. The summed E-state index contributed by atoms with van der Waals surface area (Å²) in [6.45, 7) is 3.54. The third-order valence-corrected chi connectivity index (χ3v) is 6.41. The lowest BCUT2D eigenvalue weighted by Gasteiger charge is -2.20. The highest BCUT2D eigenvalue weighted by molar-refractivity contribution is 6.31. The van der Waals surface area contributed by atoms with Gasteiger partial charge in [-0.15, -0.1) is 0 Å². The smallest absolute Gasteiger partial charge is 0.356 e. The van der Waals surface area contributed by atoms with E-state index in [9.17, 15) is 14.4 Å². The Balaban J connectivity index is 1.75. The molecule has 6 nitrogen and oxygen atoms in total. The minimum Gasteiger partial charge on any atom is -0.448 e. The van der Waals surface area contributed by atoms with Crippen LogP contribution in [-0.2, 0) is 16.6 Å². The predicted octanol–water partition coefficient (Wildman–Crippen LogP) is 5.74. The van der Waals surface area contributed by atoms with Crippen LogP contribution in [0.4, 0.5) is 5.69 Å². The van der Waals surface area contributed by atoms with Gasteiger partial charge in [-0.2, -0.15) is 0 Å². The van der Waals surface area contributed by atoms with Gasteiger partial charge in [-0.05, 0) is 48.1 Å². The molecular formula is C28H25ClN2O4. The molecule has 0 bridgehead atoms. The zero-order valence-electron chi connectivity index (χ0n) is 19.7. The summed E-state index contributed by atoms with van der Waals surface area (Å²) in [5, 5.41) is 4.44. The molecule has 1 unspecified atom stereocenters. The van der Waals surface area contributed by atoms with E-state index in [-0.39, 0.29) is 17.7 Å². The number of pyridine rings is 1. The molecule has 178 valence electrons. The molecule has 4 rings (SSSR count). The Bertz CT molecular complexity index is 1480. The SMILES string of the molecule is CCC(OC(=O)c1c(-c2ccccc2)c2ccccc2c(=O)n1C)C(=O)Nc1cccc(Cl)c1C. The Morgan fingerprint density at radius 1 is 0.971 bits per heavy atom. The lowest BCUT2D eigenvalue weighted by molar-refractivity contribution is -0.124. The molecule has 35 heavy (non-hydrogen) atoms. The summed E-state index contributed by atoms with van der Waals surface area (Å²) in [5.41, 5.74) is 2.36. The van der Waals surface area contributed by atoms with Gasteiger partial charge in [0.2, 0.25) is 0 Å². The normalized spacial score (nSPS) is 11.8. The highest BCUT2D eigenvalue weighted by atomic mass is 35.5. The van der Waals surface area contributed by atoms with E-state index < -0.39 is 18.0 Å². The second-order valence-electron chi connectivity index (χ2n) is 8.20. The van der Waals surface area contributed by atoms with Gasteiger partial charge < -0.3 is 14.6 Å². The number of ether oxygens (including phenoxy) is 1. The molecule has 1 amide bonds. The summed E-state index contributed by atoms with van der Waals surface area (Å²) in [6.07, 6.45) is -0.814. The van der Waals surface area contributed by atoms with Gasteiger partial charge >= 0.3 is 5.97 Å². The van der Waals surface area contributed by atoms with Crippen LogP contribution in [0.2, 0.25) is 5.02 Å². The van der Waals surface area contributed by atoms with Crippen molar-refractivity contribution in [3.63, 3.8) is 0 Å². The number of rotatable bonds is 6. The number of carbonyl (C=O) groups is 2. The first-order valence-electron chi connectivity index (χ1n) is 11.3. The molecule has 1 aromatic heterocycles. The van der Waals surface area contributed by atoms with Crippen LogP contribution in [0, 0.1) is 6.92 Å². The van der Waals surface area contributed by atoms with E-state index in [0.29, 0.717) is 32.6 Å². The van der Waals surface area contributed by atoms with Crippen molar-refractivity contribution in [3.8, 4) is 11.1 Å². The van der Waals surface area contributed by atoms with Crippen LogP contribution in [0.1, 0.15) is 29.4 Å². The quantitative estimate of drug-likeness (QED) is 0.351. The molecule has 4 aromatic rings. The maximum absolute atomic E-state index is 13.5. The zero-order chi connectivity index (χ0) is 25.1. The third-order valence-electron chi connectivity index (χ3n) is 6.00. The third kappa shape index (κ3) is 4.70. The summed E-state index contributed by atoms with van der Waals surface area (Å²) in [7, 11) is 1.54. The molecule has 0 spiro atoms. The molecule has 0 radical (unpaired) electrons. The van der Waals surface area contributed by atoms with E-state index >= 15 is 0 Å². The van der Waals surface area contributed by atoms with Crippen LogP contribution in [-0.4, -0.2) is 22.5 Å². The van der Waals surface area contributed by atoms with E-state index in [4.69, 9.17) is 16.3 Å². The molecule has 0 fully saturated rings. The number of benzene rings is 3. The minimum atomic E-state index is -1.06. The number of aromatic nitrogens is 1. The Kier molecular flexibility index (Phi) is 7.03.